The number of nitrogens with one attached hydrogen (secondary N) is 1. The van der Waals surface area contributed by atoms with E-state index in [-0.39, 0.29) is 35.1 Å². The molecule has 188 valence electrons. The zero-order chi connectivity index (χ0) is 26.0. The van der Waals surface area contributed by atoms with Crippen molar-refractivity contribution >= 4 is 44.3 Å². The van der Waals surface area contributed by atoms with Crippen LogP contribution in [0.15, 0.2) is 81.2 Å². The molecule has 0 spiro atoms. The summed E-state index contributed by atoms with van der Waals surface area (Å²) in [4.78, 5) is 5.75. The van der Waals surface area contributed by atoms with Crippen molar-refractivity contribution in [3.05, 3.63) is 82.9 Å². The van der Waals surface area contributed by atoms with Gasteiger partial charge in [0.1, 0.15) is 10.4 Å². The number of guanidine groups is 1. The van der Waals surface area contributed by atoms with E-state index < -0.39 is 16.1 Å². The number of nitriles is 1. The van der Waals surface area contributed by atoms with Crippen molar-refractivity contribution in [2.24, 2.45) is 4.99 Å². The van der Waals surface area contributed by atoms with Crippen LogP contribution in [0.2, 0.25) is 5.02 Å². The lowest BCUT2D eigenvalue weighted by atomic mass is 10.0. The minimum atomic E-state index is -4.13. The molecule has 0 bridgehead atoms. The van der Waals surface area contributed by atoms with Crippen molar-refractivity contribution in [3.63, 3.8) is 0 Å². The highest BCUT2D eigenvalue weighted by Gasteiger charge is 2.40. The normalized spacial score (nSPS) is 17.1. The van der Waals surface area contributed by atoms with Gasteiger partial charge in [-0.25, -0.2) is 13.0 Å². The molecule has 1 N–H and O–H groups in total. The van der Waals surface area contributed by atoms with Crippen molar-refractivity contribution in [1.29, 1.82) is 5.26 Å². The summed E-state index contributed by atoms with van der Waals surface area (Å²) in [5, 5.41) is 20.2. The largest absolute Gasteiger partial charge is 0.339 e. The third-order valence-corrected chi connectivity index (χ3v) is 8.67. The number of fused-ring (bicyclic) bond motifs is 1. The maximum absolute atomic E-state index is 14.1. The van der Waals surface area contributed by atoms with E-state index in [0.717, 1.165) is 16.8 Å². The molecule has 0 aliphatic carbocycles. The first-order valence-electron chi connectivity index (χ1n) is 11.4. The number of aryl methyl sites for hydroxylation is 1. The van der Waals surface area contributed by atoms with E-state index in [0.29, 0.717) is 11.5 Å². The number of benzene rings is 3. The van der Waals surface area contributed by atoms with Gasteiger partial charge < -0.3 is 10.2 Å². The van der Waals surface area contributed by atoms with Crippen LogP contribution < -0.4 is 5.32 Å². The van der Waals surface area contributed by atoms with Crippen molar-refractivity contribution in [1.82, 2.24) is 19.5 Å². The Hall–Kier alpha value is -3.98. The Balaban J connectivity index is 1.54. The number of rotatable bonds is 4. The Morgan fingerprint density at radius 3 is 2.62 bits per heavy atom. The van der Waals surface area contributed by atoms with Gasteiger partial charge in [-0.15, -0.1) is 4.99 Å². The molecule has 3 aromatic carbocycles. The Morgan fingerprint density at radius 1 is 1.11 bits per heavy atom. The lowest BCUT2D eigenvalue weighted by Gasteiger charge is -2.41. The van der Waals surface area contributed by atoms with Crippen molar-refractivity contribution in [3.8, 4) is 6.19 Å². The molecule has 1 atom stereocenters. The molecule has 1 aliphatic rings. The predicted octanol–water partition coefficient (Wildman–Crippen LogP) is 4.18. The summed E-state index contributed by atoms with van der Waals surface area (Å²) in [5.74, 6) is 0.343. The first-order chi connectivity index (χ1) is 17.9. The second kappa shape index (κ2) is 10.2. The van der Waals surface area contributed by atoms with Gasteiger partial charge >= 0.3 is 0 Å². The third-order valence-electron chi connectivity index (χ3n) is 6.26. The molecule has 0 amide bonds. The monoisotopic (exact) mass is 535 g/mol. The van der Waals surface area contributed by atoms with Crippen molar-refractivity contribution < 1.29 is 13.0 Å². The van der Waals surface area contributed by atoms with Gasteiger partial charge in [-0.3, -0.25) is 0 Å². The molecule has 0 radical (unpaired) electrons. The maximum Gasteiger partial charge on any atom is 0.247 e. The Kier molecular flexibility index (Phi) is 6.80. The molecular weight excluding hydrogens is 514 g/mol. The molecule has 1 saturated heterocycles. The number of para-hydroxylation sites is 1. The van der Waals surface area contributed by atoms with Crippen LogP contribution in [0.3, 0.4) is 0 Å². The molecule has 2 heterocycles. The van der Waals surface area contributed by atoms with Gasteiger partial charge in [-0.1, -0.05) is 60.1 Å². The van der Waals surface area contributed by atoms with E-state index in [9.17, 15) is 13.7 Å². The number of aromatic nitrogens is 2. The van der Waals surface area contributed by atoms with Crippen LogP contribution >= 0.6 is 11.6 Å². The summed E-state index contributed by atoms with van der Waals surface area (Å²) in [5.41, 5.74) is 2.95. The summed E-state index contributed by atoms with van der Waals surface area (Å²) < 4.78 is 34.3. The fourth-order valence-corrected chi connectivity index (χ4v) is 6.64. The highest BCUT2D eigenvalue weighted by molar-refractivity contribution is 7.89. The zero-order valence-electron chi connectivity index (χ0n) is 19.7. The summed E-state index contributed by atoms with van der Waals surface area (Å²) in [6, 6.07) is 19.4. The number of nitrogens with zero attached hydrogens (tertiary/aromatic N) is 6. The average molecular weight is 536 g/mol. The molecule has 4 aromatic rings. The SMILES string of the molecule is Cc1ccccc1N/C(=N\C#N)N1CCN(S(=O)(=O)c2c(Cl)ccc3nonc23)C(c2ccccc2)C1. The van der Waals surface area contributed by atoms with Crippen LogP contribution in [0.25, 0.3) is 11.0 Å². The molecular formula is C25H22ClN7O3S. The first-order valence-corrected chi connectivity index (χ1v) is 13.2. The van der Waals surface area contributed by atoms with Crippen LogP contribution in [0.4, 0.5) is 5.69 Å². The molecule has 0 saturated carbocycles. The Bertz CT molecular complexity index is 1620. The molecule has 1 unspecified atom stereocenters. The number of anilines is 1. The van der Waals surface area contributed by atoms with E-state index in [2.05, 4.69) is 20.6 Å². The van der Waals surface area contributed by atoms with Gasteiger partial charge in [-0.05, 0) is 46.6 Å². The molecule has 1 fully saturated rings. The summed E-state index contributed by atoms with van der Waals surface area (Å²) >= 11 is 6.39. The summed E-state index contributed by atoms with van der Waals surface area (Å²) in [7, 11) is -4.13. The molecule has 1 aromatic heterocycles. The predicted molar refractivity (Wildman–Crippen MR) is 139 cm³/mol. The molecule has 5 rings (SSSR count). The molecule has 10 nitrogen and oxygen atoms in total. The van der Waals surface area contributed by atoms with Gasteiger partial charge in [0.05, 0.1) is 11.1 Å². The molecule has 12 heteroatoms. The van der Waals surface area contributed by atoms with Crippen molar-refractivity contribution in [2.75, 3.05) is 25.0 Å². The number of sulfonamides is 1. The molecule has 37 heavy (non-hydrogen) atoms. The fraction of sp³-hybridized carbons (Fsp3) is 0.200. The van der Waals surface area contributed by atoms with Crippen molar-refractivity contribution in [2.45, 2.75) is 17.9 Å². The second-order valence-corrected chi connectivity index (χ2v) is 10.7. The topological polar surface area (TPSA) is 128 Å². The van der Waals surface area contributed by atoms with Gasteiger partial charge in [0.2, 0.25) is 22.2 Å². The fourth-order valence-electron chi connectivity index (χ4n) is 4.42. The van der Waals surface area contributed by atoms with Gasteiger partial charge in [-0.2, -0.15) is 9.57 Å². The smallest absolute Gasteiger partial charge is 0.247 e. The van der Waals surface area contributed by atoms with Crippen LogP contribution in [0, 0.1) is 18.4 Å². The van der Waals surface area contributed by atoms with Gasteiger partial charge in [0.25, 0.3) is 0 Å². The highest BCUT2D eigenvalue weighted by Crippen LogP contribution is 2.36. The van der Waals surface area contributed by atoms with E-state index in [4.69, 9.17) is 16.2 Å². The first kappa shape index (κ1) is 24.7. The van der Waals surface area contributed by atoms with Crippen LogP contribution in [0.1, 0.15) is 17.2 Å². The number of aliphatic imine (C=N–C) groups is 1. The van der Waals surface area contributed by atoms with E-state index >= 15 is 0 Å². The minimum Gasteiger partial charge on any atom is -0.339 e. The number of hydrogen-bond donors (Lipinski definition) is 1. The minimum absolute atomic E-state index is 0.0328. The molecule has 1 aliphatic heterocycles. The second-order valence-electron chi connectivity index (χ2n) is 8.47. The van der Waals surface area contributed by atoms with E-state index in [1.54, 1.807) is 6.07 Å². The number of piperazine rings is 1. The zero-order valence-corrected chi connectivity index (χ0v) is 21.3. The van der Waals surface area contributed by atoms with E-state index in [1.165, 1.54) is 10.4 Å². The Morgan fingerprint density at radius 2 is 1.86 bits per heavy atom. The van der Waals surface area contributed by atoms with Crippen LogP contribution in [-0.4, -0.2) is 53.5 Å². The van der Waals surface area contributed by atoms with Crippen LogP contribution in [0.5, 0.6) is 0 Å². The quantitative estimate of drug-likeness (QED) is 0.234. The third kappa shape index (κ3) is 4.74. The standard InChI is InChI=1S/C25H22ClN7O3S/c1-17-7-5-6-10-20(17)29-25(28-16-27)32-13-14-33(22(15-32)18-8-3-2-4-9-18)37(34,35)24-19(26)11-12-21-23(24)31-36-30-21/h2-12,22H,13-15H2,1H3,(H,28,29). The van der Waals surface area contributed by atoms with Crippen LogP contribution in [-0.2, 0) is 10.0 Å². The summed E-state index contributed by atoms with van der Waals surface area (Å²) in [6.07, 6.45) is 1.86. The highest BCUT2D eigenvalue weighted by atomic mass is 35.5. The van der Waals surface area contributed by atoms with Gasteiger partial charge in [0.15, 0.2) is 5.52 Å². The van der Waals surface area contributed by atoms with Gasteiger partial charge in [0, 0.05) is 25.3 Å². The maximum atomic E-state index is 14.1. The average Bonchev–Trinajstić information content (AvgIpc) is 3.38. The lowest BCUT2D eigenvalue weighted by Crippen LogP contribution is -2.53. The van der Waals surface area contributed by atoms with E-state index in [1.807, 2.05) is 72.6 Å². The number of hydrogen-bond acceptors (Lipinski definition) is 7. The number of halogens is 1. The lowest BCUT2D eigenvalue weighted by molar-refractivity contribution is 0.194. The Labute approximate surface area is 218 Å². The summed E-state index contributed by atoms with van der Waals surface area (Å²) in [6.45, 7) is 2.59.